The van der Waals surface area contributed by atoms with Crippen molar-refractivity contribution in [1.29, 1.82) is 5.41 Å². The van der Waals surface area contributed by atoms with E-state index in [-0.39, 0.29) is 36.8 Å². The number of methoxy groups -OCH3 is 1. The number of hydrogen-bond acceptors (Lipinski definition) is 7. The number of carbonyl (C=O) groups is 5. The zero-order chi connectivity index (χ0) is 26.3. The largest absolute Gasteiger partial charge is 0.480 e. The molecule has 2 atom stereocenters. The maximum atomic E-state index is 13.5. The molecule has 12 heteroatoms. The number of nitrogens with two attached hydrogens (primary N) is 1. The van der Waals surface area contributed by atoms with Crippen molar-refractivity contribution in [1.82, 2.24) is 15.1 Å². The van der Waals surface area contributed by atoms with E-state index in [9.17, 15) is 24.0 Å². The molecule has 1 saturated heterocycles. The molecule has 0 radical (unpaired) electrons. The molecule has 3 amide bonds. The Morgan fingerprint density at radius 2 is 1.77 bits per heavy atom. The van der Waals surface area contributed by atoms with Crippen molar-refractivity contribution in [3.8, 4) is 0 Å². The Morgan fingerprint density at radius 1 is 1.17 bits per heavy atom. The number of nitrogens with one attached hydrogen (secondary N) is 2. The Hall–Kier alpha value is -3.96. The standard InChI is InChI=1S/C23H31N5O7/c1-13(2)10-16(26-21(32)15-6-4-14(5-7-15)20(24)25)22(33)28-9-8-27(12-18(29)30)23(34)17(28)11-19(31)35-3/h4-7,13,16-17H,8-12H2,1-3H3,(H3,24,25)(H,26,32)(H,29,30)/t16-,17-/m0/s1. The lowest BCUT2D eigenvalue weighted by Crippen LogP contribution is -2.63. The zero-order valence-electron chi connectivity index (χ0n) is 19.9. The number of rotatable bonds is 10. The number of nitrogen functional groups attached to an aromatic ring is 1. The molecule has 0 spiro atoms. The van der Waals surface area contributed by atoms with Crippen LogP contribution in [0.3, 0.4) is 0 Å². The summed E-state index contributed by atoms with van der Waals surface area (Å²) in [6.07, 6.45) is -0.170. The lowest BCUT2D eigenvalue weighted by Gasteiger charge is -2.41. The fraction of sp³-hybridized carbons (Fsp3) is 0.478. The Labute approximate surface area is 202 Å². The molecule has 1 aromatic rings. The van der Waals surface area contributed by atoms with Gasteiger partial charge in [-0.1, -0.05) is 26.0 Å². The lowest BCUT2D eigenvalue weighted by molar-refractivity contribution is -0.159. The van der Waals surface area contributed by atoms with E-state index in [1.165, 1.54) is 29.2 Å². The van der Waals surface area contributed by atoms with Gasteiger partial charge in [0.15, 0.2) is 0 Å². The lowest BCUT2D eigenvalue weighted by atomic mass is 9.99. The van der Waals surface area contributed by atoms with Crippen LogP contribution in [0.2, 0.25) is 0 Å². The van der Waals surface area contributed by atoms with Crippen LogP contribution >= 0.6 is 0 Å². The molecular weight excluding hydrogens is 458 g/mol. The van der Waals surface area contributed by atoms with Crippen LogP contribution in [0.25, 0.3) is 0 Å². The highest BCUT2D eigenvalue weighted by molar-refractivity contribution is 6.01. The fourth-order valence-electron chi connectivity index (χ4n) is 3.80. The predicted octanol–water partition coefficient (Wildman–Crippen LogP) is -0.198. The highest BCUT2D eigenvalue weighted by Gasteiger charge is 2.41. The molecule has 2 rings (SSSR count). The van der Waals surface area contributed by atoms with E-state index in [0.717, 1.165) is 12.0 Å². The summed E-state index contributed by atoms with van der Waals surface area (Å²) in [6.45, 7) is 3.16. The molecular formula is C23H31N5O7. The number of hydrogen-bond donors (Lipinski definition) is 4. The Kier molecular flexibility index (Phi) is 9.32. The monoisotopic (exact) mass is 489 g/mol. The number of esters is 1. The molecule has 1 fully saturated rings. The number of piperazine rings is 1. The van der Waals surface area contributed by atoms with Crippen molar-refractivity contribution in [3.63, 3.8) is 0 Å². The minimum Gasteiger partial charge on any atom is -0.480 e. The van der Waals surface area contributed by atoms with E-state index in [1.807, 2.05) is 13.8 Å². The summed E-state index contributed by atoms with van der Waals surface area (Å²) < 4.78 is 4.66. The smallest absolute Gasteiger partial charge is 0.323 e. The first kappa shape index (κ1) is 27.3. The van der Waals surface area contributed by atoms with Crippen LogP contribution in [-0.4, -0.2) is 89.2 Å². The molecule has 0 aromatic heterocycles. The van der Waals surface area contributed by atoms with Crippen molar-refractivity contribution in [3.05, 3.63) is 35.4 Å². The molecule has 35 heavy (non-hydrogen) atoms. The van der Waals surface area contributed by atoms with Crippen molar-refractivity contribution in [2.24, 2.45) is 11.7 Å². The molecule has 0 aliphatic carbocycles. The number of aliphatic carboxylic acids is 1. The summed E-state index contributed by atoms with van der Waals surface area (Å²) in [4.78, 5) is 64.7. The quantitative estimate of drug-likeness (QED) is 0.198. The third-order valence-electron chi connectivity index (χ3n) is 5.55. The van der Waals surface area contributed by atoms with Gasteiger partial charge in [-0.15, -0.1) is 0 Å². The number of benzene rings is 1. The number of amides is 3. The molecule has 1 aromatic carbocycles. The second kappa shape index (κ2) is 12.0. The maximum absolute atomic E-state index is 13.5. The van der Waals surface area contributed by atoms with Crippen LogP contribution in [-0.2, 0) is 23.9 Å². The van der Waals surface area contributed by atoms with Gasteiger partial charge in [0, 0.05) is 24.2 Å². The van der Waals surface area contributed by atoms with Gasteiger partial charge >= 0.3 is 11.9 Å². The highest BCUT2D eigenvalue weighted by Crippen LogP contribution is 2.19. The van der Waals surface area contributed by atoms with Gasteiger partial charge in [0.1, 0.15) is 24.5 Å². The number of amidine groups is 1. The summed E-state index contributed by atoms with van der Waals surface area (Å²) in [5.74, 6) is -3.83. The molecule has 1 aliphatic heterocycles. The Balaban J connectivity index is 2.28. The third kappa shape index (κ3) is 7.26. The van der Waals surface area contributed by atoms with Crippen molar-refractivity contribution in [2.45, 2.75) is 38.8 Å². The minimum absolute atomic E-state index is 0.00269. The van der Waals surface area contributed by atoms with Gasteiger partial charge in [-0.25, -0.2) is 0 Å². The summed E-state index contributed by atoms with van der Waals surface area (Å²) in [5.41, 5.74) is 6.14. The molecule has 1 heterocycles. The number of ether oxygens (including phenoxy) is 1. The van der Waals surface area contributed by atoms with Crippen molar-refractivity contribution >= 4 is 35.5 Å². The topological polar surface area (TPSA) is 183 Å². The highest BCUT2D eigenvalue weighted by atomic mass is 16.5. The van der Waals surface area contributed by atoms with Crippen LogP contribution in [0.5, 0.6) is 0 Å². The summed E-state index contributed by atoms with van der Waals surface area (Å²) in [5, 5.41) is 19.2. The maximum Gasteiger partial charge on any atom is 0.323 e. The van der Waals surface area contributed by atoms with E-state index >= 15 is 0 Å². The van der Waals surface area contributed by atoms with Gasteiger partial charge in [0.2, 0.25) is 11.8 Å². The number of carbonyl (C=O) groups excluding carboxylic acids is 4. The van der Waals surface area contributed by atoms with Crippen LogP contribution in [0, 0.1) is 11.3 Å². The minimum atomic E-state index is -1.25. The molecule has 1 aliphatic rings. The average Bonchev–Trinajstić information content (AvgIpc) is 2.80. The molecule has 0 saturated carbocycles. The van der Waals surface area contributed by atoms with Gasteiger partial charge in [0.25, 0.3) is 5.91 Å². The van der Waals surface area contributed by atoms with Gasteiger partial charge in [-0.05, 0) is 24.5 Å². The van der Waals surface area contributed by atoms with Crippen LogP contribution in [0.1, 0.15) is 42.6 Å². The number of carboxylic acids is 1. The normalized spacial score (nSPS) is 16.6. The molecule has 0 unspecified atom stereocenters. The molecule has 190 valence electrons. The van der Waals surface area contributed by atoms with E-state index < -0.39 is 54.7 Å². The average molecular weight is 490 g/mol. The first-order valence-electron chi connectivity index (χ1n) is 11.1. The van der Waals surface area contributed by atoms with Gasteiger partial charge in [-0.2, -0.15) is 0 Å². The van der Waals surface area contributed by atoms with Crippen LogP contribution in [0.4, 0.5) is 0 Å². The second-order valence-corrected chi connectivity index (χ2v) is 8.63. The van der Waals surface area contributed by atoms with E-state index in [0.29, 0.717) is 5.56 Å². The summed E-state index contributed by atoms with van der Waals surface area (Å²) in [7, 11) is 1.15. The predicted molar refractivity (Wildman–Crippen MR) is 125 cm³/mol. The van der Waals surface area contributed by atoms with Crippen molar-refractivity contribution in [2.75, 3.05) is 26.7 Å². The SMILES string of the molecule is COC(=O)C[C@H]1C(=O)N(CC(=O)O)CCN1C(=O)[C@H](CC(C)C)NC(=O)c1ccc(C(=N)N)cc1. The van der Waals surface area contributed by atoms with Crippen LogP contribution < -0.4 is 11.1 Å². The van der Waals surface area contributed by atoms with E-state index in [1.54, 1.807) is 0 Å². The molecule has 5 N–H and O–H groups in total. The first-order valence-corrected chi connectivity index (χ1v) is 11.1. The number of nitrogens with zero attached hydrogens (tertiary/aromatic N) is 2. The van der Waals surface area contributed by atoms with E-state index in [2.05, 4.69) is 10.1 Å². The zero-order valence-corrected chi connectivity index (χ0v) is 19.9. The summed E-state index contributed by atoms with van der Waals surface area (Å²) >= 11 is 0. The van der Waals surface area contributed by atoms with Gasteiger partial charge < -0.3 is 30.7 Å². The Bertz CT molecular complexity index is 992. The fourth-order valence-corrected chi connectivity index (χ4v) is 3.80. The van der Waals surface area contributed by atoms with Crippen molar-refractivity contribution < 1.29 is 33.8 Å². The first-order chi connectivity index (χ1) is 16.4. The Morgan fingerprint density at radius 3 is 2.29 bits per heavy atom. The van der Waals surface area contributed by atoms with Crippen LogP contribution in [0.15, 0.2) is 24.3 Å². The van der Waals surface area contributed by atoms with Gasteiger partial charge in [0.05, 0.1) is 13.5 Å². The molecule has 12 nitrogen and oxygen atoms in total. The second-order valence-electron chi connectivity index (χ2n) is 8.63. The van der Waals surface area contributed by atoms with E-state index in [4.69, 9.17) is 16.2 Å². The molecule has 0 bridgehead atoms. The van der Waals surface area contributed by atoms with Gasteiger partial charge in [-0.3, -0.25) is 29.4 Å². The summed E-state index contributed by atoms with van der Waals surface area (Å²) in [6, 6.07) is 3.76. The number of carboxylic acid groups (broad SMARTS) is 1. The third-order valence-corrected chi connectivity index (χ3v) is 5.55.